The Morgan fingerprint density at radius 2 is 1.58 bits per heavy atom. The molecule has 1 fully saturated rings. The van der Waals surface area contributed by atoms with Crippen LogP contribution in [0.3, 0.4) is 0 Å². The molecule has 3 rings (SSSR count). The van der Waals surface area contributed by atoms with Gasteiger partial charge in [0.15, 0.2) is 0 Å². The first kappa shape index (κ1) is 16.8. The highest BCUT2D eigenvalue weighted by Gasteiger charge is 2.35. The van der Waals surface area contributed by atoms with E-state index in [2.05, 4.69) is 12.1 Å². The quantitative estimate of drug-likeness (QED) is 0.767. The highest BCUT2D eigenvalue weighted by Crippen LogP contribution is 2.39. The lowest BCUT2D eigenvalue weighted by atomic mass is 9.94. The summed E-state index contributed by atoms with van der Waals surface area (Å²) in [6, 6.07) is 17.9. The van der Waals surface area contributed by atoms with E-state index in [9.17, 15) is 5.11 Å². The Morgan fingerprint density at radius 1 is 0.958 bits per heavy atom. The van der Waals surface area contributed by atoms with Crippen LogP contribution in [0.1, 0.15) is 30.7 Å². The maximum Gasteiger partial charge on any atom is 0.122 e. The molecule has 0 amide bonds. The number of aliphatic hydroxyl groups is 1. The van der Waals surface area contributed by atoms with Crippen molar-refractivity contribution in [1.82, 2.24) is 0 Å². The first-order valence-electron chi connectivity index (χ1n) is 8.49. The maximum atomic E-state index is 9.38. The second-order valence-corrected chi connectivity index (χ2v) is 6.54. The average Bonchev–Trinajstić information content (AvgIpc) is 3.03. The fourth-order valence-corrected chi connectivity index (χ4v) is 3.26. The summed E-state index contributed by atoms with van der Waals surface area (Å²) in [5, 5.41) is 9.38. The summed E-state index contributed by atoms with van der Waals surface area (Å²) in [4.78, 5) is 0. The summed E-state index contributed by atoms with van der Waals surface area (Å²) in [5.74, 6) is 2.12. The van der Waals surface area contributed by atoms with Gasteiger partial charge in [0.2, 0.25) is 0 Å². The summed E-state index contributed by atoms with van der Waals surface area (Å²) in [7, 11) is 0. The molecule has 1 saturated carbocycles. The zero-order valence-corrected chi connectivity index (χ0v) is 13.9. The van der Waals surface area contributed by atoms with Crippen LogP contribution < -0.4 is 15.2 Å². The largest absolute Gasteiger partial charge is 0.490 e. The van der Waals surface area contributed by atoms with Gasteiger partial charge in [0, 0.05) is 5.54 Å². The van der Waals surface area contributed by atoms with Crippen molar-refractivity contribution in [1.29, 1.82) is 0 Å². The molecule has 0 radical (unpaired) electrons. The van der Waals surface area contributed by atoms with Gasteiger partial charge in [0.05, 0.1) is 6.61 Å². The average molecular weight is 327 g/mol. The lowest BCUT2D eigenvalue weighted by molar-refractivity contribution is 0.198. The summed E-state index contributed by atoms with van der Waals surface area (Å²) in [6.07, 6.45) is 2.75. The van der Waals surface area contributed by atoms with Crippen molar-refractivity contribution in [3.63, 3.8) is 0 Å². The molecule has 0 spiro atoms. The van der Waals surface area contributed by atoms with Gasteiger partial charge in [-0.3, -0.25) is 0 Å². The van der Waals surface area contributed by atoms with E-state index in [1.165, 1.54) is 5.56 Å². The zero-order chi connectivity index (χ0) is 16.8. The molecule has 128 valence electrons. The second kappa shape index (κ2) is 7.69. The highest BCUT2D eigenvalue weighted by molar-refractivity contribution is 5.30. The molecule has 0 heterocycles. The number of benzene rings is 2. The standard InChI is InChI=1S/C20H25NO3/c21-20(15-22)11-10-17(14-20)16-6-8-19(9-7-16)24-13-12-23-18-4-2-1-3-5-18/h1-9,17,22H,10-15,21H2/t17-,20+/m1/s1. The van der Waals surface area contributed by atoms with Crippen molar-refractivity contribution in [3.8, 4) is 11.5 Å². The fourth-order valence-electron chi connectivity index (χ4n) is 3.26. The summed E-state index contributed by atoms with van der Waals surface area (Å²) < 4.78 is 11.3. The number of ether oxygens (including phenoxy) is 2. The number of para-hydroxylation sites is 1. The van der Waals surface area contributed by atoms with E-state index in [4.69, 9.17) is 15.2 Å². The van der Waals surface area contributed by atoms with Gasteiger partial charge in [-0.1, -0.05) is 30.3 Å². The molecule has 1 aliphatic carbocycles. The van der Waals surface area contributed by atoms with Crippen molar-refractivity contribution >= 4 is 0 Å². The van der Waals surface area contributed by atoms with Crippen LogP contribution in [-0.2, 0) is 0 Å². The number of nitrogens with two attached hydrogens (primary N) is 1. The Balaban J connectivity index is 1.45. The maximum absolute atomic E-state index is 9.38. The van der Waals surface area contributed by atoms with Gasteiger partial charge in [-0.25, -0.2) is 0 Å². The molecule has 0 saturated heterocycles. The Bertz CT molecular complexity index is 629. The normalized spacial score (nSPS) is 23.2. The van der Waals surface area contributed by atoms with Gasteiger partial charge < -0.3 is 20.3 Å². The van der Waals surface area contributed by atoms with Crippen LogP contribution in [-0.4, -0.2) is 30.5 Å². The Kier molecular flexibility index (Phi) is 5.38. The fraction of sp³-hybridized carbons (Fsp3) is 0.400. The number of aliphatic hydroxyl groups excluding tert-OH is 1. The van der Waals surface area contributed by atoms with Gasteiger partial charge in [0.1, 0.15) is 24.7 Å². The number of rotatable bonds is 7. The van der Waals surface area contributed by atoms with E-state index < -0.39 is 5.54 Å². The lowest BCUT2D eigenvalue weighted by Crippen LogP contribution is -2.40. The summed E-state index contributed by atoms with van der Waals surface area (Å²) >= 11 is 0. The molecule has 2 atom stereocenters. The third-order valence-corrected chi connectivity index (χ3v) is 4.67. The third-order valence-electron chi connectivity index (χ3n) is 4.67. The Morgan fingerprint density at radius 3 is 2.17 bits per heavy atom. The van der Waals surface area contributed by atoms with Crippen LogP contribution in [0.2, 0.25) is 0 Å². The van der Waals surface area contributed by atoms with Crippen LogP contribution in [0.5, 0.6) is 11.5 Å². The molecule has 24 heavy (non-hydrogen) atoms. The minimum absolute atomic E-state index is 0.0616. The predicted octanol–water partition coefficient (Wildman–Crippen LogP) is 3.10. The first-order valence-corrected chi connectivity index (χ1v) is 8.49. The molecule has 0 bridgehead atoms. The molecule has 0 aliphatic heterocycles. The minimum atomic E-state index is -0.408. The van der Waals surface area contributed by atoms with Crippen molar-refractivity contribution in [2.45, 2.75) is 30.7 Å². The first-order chi connectivity index (χ1) is 11.7. The summed E-state index contributed by atoms with van der Waals surface area (Å²) in [6.45, 7) is 1.08. The molecule has 0 unspecified atom stereocenters. The van der Waals surface area contributed by atoms with Gasteiger partial charge in [-0.05, 0) is 55.0 Å². The Hall–Kier alpha value is -2.04. The van der Waals surface area contributed by atoms with Crippen molar-refractivity contribution in [2.75, 3.05) is 19.8 Å². The van der Waals surface area contributed by atoms with Crippen molar-refractivity contribution in [3.05, 3.63) is 60.2 Å². The monoisotopic (exact) mass is 327 g/mol. The number of hydrogen-bond donors (Lipinski definition) is 2. The van der Waals surface area contributed by atoms with Crippen molar-refractivity contribution in [2.24, 2.45) is 5.73 Å². The molecule has 3 N–H and O–H groups in total. The van der Waals surface area contributed by atoms with Gasteiger partial charge in [0.25, 0.3) is 0 Å². The molecular formula is C20H25NO3. The van der Waals surface area contributed by atoms with Gasteiger partial charge >= 0.3 is 0 Å². The second-order valence-electron chi connectivity index (χ2n) is 6.54. The third kappa shape index (κ3) is 4.28. The molecule has 1 aliphatic rings. The van der Waals surface area contributed by atoms with Crippen LogP contribution in [0.15, 0.2) is 54.6 Å². The van der Waals surface area contributed by atoms with Gasteiger partial charge in [-0.2, -0.15) is 0 Å². The zero-order valence-electron chi connectivity index (χ0n) is 13.9. The topological polar surface area (TPSA) is 64.7 Å². The molecule has 2 aromatic rings. The predicted molar refractivity (Wildman–Crippen MR) is 94.5 cm³/mol. The SMILES string of the molecule is N[C@@]1(CO)CC[C@@H](c2ccc(OCCOc3ccccc3)cc2)C1. The van der Waals surface area contributed by atoms with Crippen LogP contribution in [0.4, 0.5) is 0 Å². The molecule has 2 aromatic carbocycles. The van der Waals surface area contributed by atoms with Crippen molar-refractivity contribution < 1.29 is 14.6 Å². The molecule has 4 nitrogen and oxygen atoms in total. The van der Waals surface area contributed by atoms with E-state index in [0.29, 0.717) is 19.1 Å². The molecule has 0 aromatic heterocycles. The Labute approximate surface area is 143 Å². The van der Waals surface area contributed by atoms with E-state index in [1.807, 2.05) is 42.5 Å². The summed E-state index contributed by atoms with van der Waals surface area (Å²) in [5.41, 5.74) is 7.02. The van der Waals surface area contributed by atoms with Gasteiger partial charge in [-0.15, -0.1) is 0 Å². The highest BCUT2D eigenvalue weighted by atomic mass is 16.5. The van der Waals surface area contributed by atoms with E-state index in [0.717, 1.165) is 30.8 Å². The minimum Gasteiger partial charge on any atom is -0.490 e. The smallest absolute Gasteiger partial charge is 0.122 e. The van der Waals surface area contributed by atoms with Crippen LogP contribution in [0, 0.1) is 0 Å². The van der Waals surface area contributed by atoms with Crippen LogP contribution >= 0.6 is 0 Å². The van der Waals surface area contributed by atoms with E-state index in [-0.39, 0.29) is 6.61 Å². The lowest BCUT2D eigenvalue weighted by Gasteiger charge is -2.21. The molecular weight excluding hydrogens is 302 g/mol. The van der Waals surface area contributed by atoms with E-state index in [1.54, 1.807) is 0 Å². The number of hydrogen-bond acceptors (Lipinski definition) is 4. The molecule has 4 heteroatoms. The van der Waals surface area contributed by atoms with Crippen LogP contribution in [0.25, 0.3) is 0 Å². The van der Waals surface area contributed by atoms with E-state index >= 15 is 0 Å².